The number of nitrogens with one attached hydrogen (secondary N) is 1. The highest BCUT2D eigenvalue weighted by Gasteiger charge is 2.14. The molecule has 1 aromatic heterocycles. The van der Waals surface area contributed by atoms with Gasteiger partial charge in [0.2, 0.25) is 5.89 Å². The van der Waals surface area contributed by atoms with E-state index in [-0.39, 0.29) is 5.91 Å². The van der Waals surface area contributed by atoms with Crippen molar-refractivity contribution in [2.45, 2.75) is 0 Å². The number of carbonyl (C=O) groups is 1. The third-order valence-corrected chi connectivity index (χ3v) is 4.09. The first-order valence-corrected chi connectivity index (χ1v) is 8.25. The van der Waals surface area contributed by atoms with E-state index < -0.39 is 5.82 Å². The molecule has 134 valence electrons. The minimum Gasteiger partial charge on any atom is -0.495 e. The highest BCUT2D eigenvalue weighted by atomic mass is 19.1. The molecule has 0 fully saturated rings. The molecular formula is C21H15FN2O3. The Morgan fingerprint density at radius 2 is 1.85 bits per heavy atom. The molecule has 0 radical (unpaired) electrons. The van der Waals surface area contributed by atoms with Crippen molar-refractivity contribution in [1.82, 2.24) is 4.98 Å². The number of para-hydroxylation sites is 2. The van der Waals surface area contributed by atoms with E-state index in [1.165, 1.54) is 31.4 Å². The quantitative estimate of drug-likeness (QED) is 0.561. The number of carbonyl (C=O) groups excluding carboxylic acids is 1. The van der Waals surface area contributed by atoms with Gasteiger partial charge in [-0.05, 0) is 54.6 Å². The average molecular weight is 362 g/mol. The van der Waals surface area contributed by atoms with Gasteiger partial charge in [-0.2, -0.15) is 0 Å². The largest absolute Gasteiger partial charge is 0.495 e. The molecule has 0 spiro atoms. The van der Waals surface area contributed by atoms with Crippen LogP contribution in [0.3, 0.4) is 0 Å². The zero-order valence-corrected chi connectivity index (χ0v) is 14.4. The second kappa shape index (κ2) is 6.92. The van der Waals surface area contributed by atoms with Crippen LogP contribution >= 0.6 is 0 Å². The van der Waals surface area contributed by atoms with Gasteiger partial charge in [0.05, 0.1) is 12.8 Å². The highest BCUT2D eigenvalue weighted by Crippen LogP contribution is 2.32. The molecule has 0 atom stereocenters. The molecule has 5 nitrogen and oxygen atoms in total. The molecule has 0 saturated heterocycles. The molecule has 0 saturated carbocycles. The normalized spacial score (nSPS) is 10.7. The van der Waals surface area contributed by atoms with Crippen LogP contribution in [0, 0.1) is 5.82 Å². The van der Waals surface area contributed by atoms with Crippen LogP contribution in [-0.2, 0) is 0 Å². The second-order valence-corrected chi connectivity index (χ2v) is 5.86. The van der Waals surface area contributed by atoms with E-state index in [2.05, 4.69) is 10.3 Å². The maximum Gasteiger partial charge on any atom is 0.255 e. The summed E-state index contributed by atoms with van der Waals surface area (Å²) in [6.07, 6.45) is 0. The van der Waals surface area contributed by atoms with Crippen LogP contribution in [0.25, 0.3) is 22.6 Å². The fraction of sp³-hybridized carbons (Fsp3) is 0.0476. The van der Waals surface area contributed by atoms with Gasteiger partial charge in [-0.25, -0.2) is 9.37 Å². The van der Waals surface area contributed by atoms with Gasteiger partial charge in [0.25, 0.3) is 5.91 Å². The smallest absolute Gasteiger partial charge is 0.255 e. The predicted molar refractivity (Wildman–Crippen MR) is 100 cm³/mol. The molecule has 0 aliphatic heterocycles. The van der Waals surface area contributed by atoms with Crippen LogP contribution in [0.1, 0.15) is 10.4 Å². The summed E-state index contributed by atoms with van der Waals surface area (Å²) in [5.41, 5.74) is 2.93. The number of hydrogen-bond acceptors (Lipinski definition) is 4. The molecule has 1 N–H and O–H groups in total. The Balaban J connectivity index is 1.68. The van der Waals surface area contributed by atoms with Gasteiger partial charge in [-0.3, -0.25) is 4.79 Å². The van der Waals surface area contributed by atoms with E-state index in [0.717, 1.165) is 5.52 Å². The van der Waals surface area contributed by atoms with Gasteiger partial charge < -0.3 is 14.5 Å². The molecule has 6 heteroatoms. The lowest BCUT2D eigenvalue weighted by Gasteiger charge is -2.11. The summed E-state index contributed by atoms with van der Waals surface area (Å²) in [4.78, 5) is 16.9. The zero-order valence-electron chi connectivity index (χ0n) is 14.4. The SMILES string of the molecule is COc1ccc(-c2nc3ccccc3o2)cc1NC(=O)c1ccc(F)cc1. The lowest BCUT2D eigenvalue weighted by Crippen LogP contribution is -2.12. The number of oxazole rings is 1. The second-order valence-electron chi connectivity index (χ2n) is 5.86. The van der Waals surface area contributed by atoms with Gasteiger partial charge in [0.1, 0.15) is 17.1 Å². The Morgan fingerprint density at radius 1 is 1.07 bits per heavy atom. The number of amides is 1. The first kappa shape index (κ1) is 16.8. The fourth-order valence-corrected chi connectivity index (χ4v) is 2.73. The Morgan fingerprint density at radius 3 is 2.59 bits per heavy atom. The number of methoxy groups -OCH3 is 1. The van der Waals surface area contributed by atoms with Crippen LogP contribution in [0.5, 0.6) is 5.75 Å². The topological polar surface area (TPSA) is 64.4 Å². The predicted octanol–water partition coefficient (Wildman–Crippen LogP) is 4.89. The third kappa shape index (κ3) is 3.37. The van der Waals surface area contributed by atoms with Gasteiger partial charge >= 0.3 is 0 Å². The van der Waals surface area contributed by atoms with E-state index >= 15 is 0 Å². The number of nitrogens with zero attached hydrogens (tertiary/aromatic N) is 1. The number of ether oxygens (including phenoxy) is 1. The van der Waals surface area contributed by atoms with Crippen LogP contribution < -0.4 is 10.1 Å². The molecule has 0 bridgehead atoms. The number of benzene rings is 3. The van der Waals surface area contributed by atoms with E-state index in [1.54, 1.807) is 18.2 Å². The van der Waals surface area contributed by atoms with E-state index in [9.17, 15) is 9.18 Å². The minimum absolute atomic E-state index is 0.339. The number of anilines is 1. The standard InChI is InChI=1S/C21H15FN2O3/c1-26-18-11-8-14(21-24-16-4-2-3-5-19(16)27-21)12-17(18)23-20(25)13-6-9-15(22)10-7-13/h2-12H,1H3,(H,23,25). The molecule has 0 aliphatic rings. The van der Waals surface area contributed by atoms with Crippen molar-refractivity contribution in [3.05, 3.63) is 78.1 Å². The fourth-order valence-electron chi connectivity index (χ4n) is 2.73. The lowest BCUT2D eigenvalue weighted by atomic mass is 10.1. The zero-order chi connectivity index (χ0) is 18.8. The first-order chi connectivity index (χ1) is 13.1. The summed E-state index contributed by atoms with van der Waals surface area (Å²) in [6.45, 7) is 0. The molecular weight excluding hydrogens is 347 g/mol. The minimum atomic E-state index is -0.401. The lowest BCUT2D eigenvalue weighted by molar-refractivity contribution is 0.102. The molecule has 1 heterocycles. The number of halogens is 1. The van der Waals surface area contributed by atoms with Gasteiger partial charge in [0.15, 0.2) is 5.58 Å². The van der Waals surface area contributed by atoms with Crippen molar-refractivity contribution in [3.8, 4) is 17.2 Å². The number of hydrogen-bond donors (Lipinski definition) is 1. The van der Waals surface area contributed by atoms with Crippen LogP contribution in [0.4, 0.5) is 10.1 Å². The summed E-state index contributed by atoms with van der Waals surface area (Å²) in [7, 11) is 1.52. The Bertz CT molecular complexity index is 1090. The first-order valence-electron chi connectivity index (χ1n) is 8.25. The van der Waals surface area contributed by atoms with E-state index in [1.807, 2.05) is 24.3 Å². The maximum atomic E-state index is 13.1. The highest BCUT2D eigenvalue weighted by molar-refractivity contribution is 6.05. The number of fused-ring (bicyclic) bond motifs is 1. The Labute approximate surface area is 154 Å². The third-order valence-electron chi connectivity index (χ3n) is 4.09. The maximum absolute atomic E-state index is 13.1. The number of rotatable bonds is 4. The molecule has 1 amide bonds. The molecule has 4 rings (SSSR count). The van der Waals surface area contributed by atoms with Crippen molar-refractivity contribution in [2.24, 2.45) is 0 Å². The Hall–Kier alpha value is -3.67. The van der Waals surface area contributed by atoms with Crippen LogP contribution in [-0.4, -0.2) is 18.0 Å². The van der Waals surface area contributed by atoms with Crippen LogP contribution in [0.15, 0.2) is 71.1 Å². The van der Waals surface area contributed by atoms with Crippen molar-refractivity contribution < 1.29 is 18.3 Å². The van der Waals surface area contributed by atoms with Gasteiger partial charge in [-0.15, -0.1) is 0 Å². The van der Waals surface area contributed by atoms with Gasteiger partial charge in [-0.1, -0.05) is 12.1 Å². The molecule has 3 aromatic carbocycles. The summed E-state index contributed by atoms with van der Waals surface area (Å²) in [5, 5.41) is 2.79. The molecule has 0 unspecified atom stereocenters. The van der Waals surface area contributed by atoms with Crippen molar-refractivity contribution in [2.75, 3.05) is 12.4 Å². The van der Waals surface area contributed by atoms with E-state index in [4.69, 9.17) is 9.15 Å². The molecule has 4 aromatic rings. The summed E-state index contributed by atoms with van der Waals surface area (Å²) in [6, 6.07) is 18.0. The average Bonchev–Trinajstić information content (AvgIpc) is 3.12. The van der Waals surface area contributed by atoms with Crippen molar-refractivity contribution in [1.29, 1.82) is 0 Å². The molecule has 27 heavy (non-hydrogen) atoms. The van der Waals surface area contributed by atoms with E-state index in [0.29, 0.717) is 34.0 Å². The van der Waals surface area contributed by atoms with Crippen molar-refractivity contribution >= 4 is 22.7 Å². The Kier molecular flexibility index (Phi) is 4.30. The summed E-state index contributed by atoms with van der Waals surface area (Å²) >= 11 is 0. The van der Waals surface area contributed by atoms with Crippen molar-refractivity contribution in [3.63, 3.8) is 0 Å². The summed E-state index contributed by atoms with van der Waals surface area (Å²) < 4.78 is 24.2. The molecule has 0 aliphatic carbocycles. The monoisotopic (exact) mass is 362 g/mol. The summed E-state index contributed by atoms with van der Waals surface area (Å²) in [5.74, 6) is 0.159. The van der Waals surface area contributed by atoms with Crippen LogP contribution in [0.2, 0.25) is 0 Å². The number of aromatic nitrogens is 1. The van der Waals surface area contributed by atoms with Gasteiger partial charge in [0, 0.05) is 11.1 Å².